The second-order valence-corrected chi connectivity index (χ2v) is 3.50. The van der Waals surface area contributed by atoms with E-state index in [4.69, 9.17) is 10.00 Å². The normalized spacial score (nSPS) is 18.5. The summed E-state index contributed by atoms with van der Waals surface area (Å²) in [5.41, 5.74) is 0. The van der Waals surface area contributed by atoms with Crippen molar-refractivity contribution >= 4 is 12.6 Å². The van der Waals surface area contributed by atoms with Gasteiger partial charge in [-0.2, -0.15) is 0 Å². The van der Waals surface area contributed by atoms with Crippen molar-refractivity contribution in [1.29, 1.82) is 5.26 Å². The third-order valence-electron chi connectivity index (χ3n) is 2.59. The van der Waals surface area contributed by atoms with Crippen LogP contribution < -0.4 is 0 Å². The maximum atomic E-state index is 7.13. The minimum absolute atomic E-state index is 0.913. The first-order chi connectivity index (χ1) is 6.24. The molecule has 1 saturated heterocycles. The molecule has 0 aromatic heterocycles. The van der Waals surface area contributed by atoms with Crippen molar-refractivity contribution in [1.82, 2.24) is 0 Å². The van der Waals surface area contributed by atoms with E-state index in [9.17, 15) is 0 Å². The highest BCUT2D eigenvalue weighted by Gasteiger charge is 2.29. The number of quaternary nitrogens is 1. The lowest BCUT2D eigenvalue weighted by Crippen LogP contribution is -2.46. The molecule has 1 heterocycles. The second-order valence-electron chi connectivity index (χ2n) is 3.32. The fraction of sp³-hybridized carbons (Fsp3) is 0.889. The van der Waals surface area contributed by atoms with Crippen LogP contribution in [0.3, 0.4) is 0 Å². The van der Waals surface area contributed by atoms with Gasteiger partial charge in [-0.05, 0) is 6.92 Å². The van der Waals surface area contributed by atoms with Crippen LogP contribution in [0.25, 0.3) is 0 Å². The van der Waals surface area contributed by atoms with Gasteiger partial charge < -0.3 is 21.8 Å². The first-order valence-corrected chi connectivity index (χ1v) is 5.00. The van der Waals surface area contributed by atoms with Gasteiger partial charge in [-0.25, -0.2) is 5.26 Å². The summed E-state index contributed by atoms with van der Waals surface area (Å²) >= 11 is 3.70. The van der Waals surface area contributed by atoms with Crippen LogP contribution in [0.2, 0.25) is 0 Å². The predicted octanol–water partition coefficient (Wildman–Crippen LogP) is 1.24. The monoisotopic (exact) mass is 202 g/mol. The summed E-state index contributed by atoms with van der Waals surface area (Å²) in [6.45, 7) is 7.04. The molecule has 1 aliphatic rings. The molecule has 0 amide bonds. The fourth-order valence-corrected chi connectivity index (χ4v) is 1.82. The van der Waals surface area contributed by atoms with Crippen molar-refractivity contribution in [3.8, 4) is 5.40 Å². The lowest BCUT2D eigenvalue weighted by atomic mass is 10.4. The van der Waals surface area contributed by atoms with E-state index in [1.165, 1.54) is 42.4 Å². The minimum atomic E-state index is 0.913. The van der Waals surface area contributed by atoms with Crippen molar-refractivity contribution in [2.24, 2.45) is 0 Å². The van der Waals surface area contributed by atoms with Crippen molar-refractivity contribution in [3.63, 3.8) is 0 Å². The quantitative estimate of drug-likeness (QED) is 0.392. The summed E-state index contributed by atoms with van der Waals surface area (Å²) in [5.74, 6) is 0. The molecule has 3 nitrogen and oxygen atoms in total. The number of ether oxygens (including phenoxy) is 1. The van der Waals surface area contributed by atoms with Gasteiger partial charge >= 0.3 is 0 Å². The van der Waals surface area contributed by atoms with E-state index in [2.05, 4.69) is 19.6 Å². The van der Waals surface area contributed by atoms with Gasteiger partial charge in [-0.3, -0.25) is 0 Å². The number of methoxy groups -OCH3 is 1. The fourth-order valence-electron chi connectivity index (χ4n) is 1.82. The van der Waals surface area contributed by atoms with Crippen LogP contribution in [0.4, 0.5) is 0 Å². The third-order valence-corrected chi connectivity index (χ3v) is 2.59. The summed E-state index contributed by atoms with van der Waals surface area (Å²) in [5, 5.41) is 8.47. The van der Waals surface area contributed by atoms with Crippen molar-refractivity contribution in [2.75, 3.05) is 33.5 Å². The molecule has 0 aliphatic carbocycles. The largest absolute Gasteiger partial charge is 0.696 e. The molecule has 1 aliphatic heterocycles. The smallest absolute Gasteiger partial charge is 0.182 e. The van der Waals surface area contributed by atoms with Crippen LogP contribution >= 0.6 is 0 Å². The number of thiocyanates is 1. The Labute approximate surface area is 86.3 Å². The molecule has 1 rings (SSSR count). The number of nitrogens with zero attached hydrogens (tertiary/aromatic N) is 2. The lowest BCUT2D eigenvalue weighted by Gasteiger charge is -2.31. The lowest BCUT2D eigenvalue weighted by molar-refractivity contribution is -0.932. The molecule has 4 heteroatoms. The molecule has 0 spiro atoms. The number of hydrogen-bond acceptors (Lipinski definition) is 3. The van der Waals surface area contributed by atoms with E-state index < -0.39 is 0 Å². The SMILES string of the molecule is CC[N+]1(COC)CCCC1.N#C[S-]. The standard InChI is InChI=1S/C8H18NO.CHNS/c1-3-9(8-10-2)6-4-5-7-9;2-1-3/h3-8H2,1-2H3;3H/q+1;/p-1. The van der Waals surface area contributed by atoms with Gasteiger partial charge in [0, 0.05) is 20.0 Å². The molecule has 0 aromatic rings. The number of likely N-dealkylation sites (tertiary alicyclic amines) is 1. The zero-order valence-corrected chi connectivity index (χ0v) is 9.27. The van der Waals surface area contributed by atoms with E-state index in [0.717, 1.165) is 6.73 Å². The molecular weight excluding hydrogens is 184 g/mol. The highest BCUT2D eigenvalue weighted by molar-refractivity contribution is 7.64. The summed E-state index contributed by atoms with van der Waals surface area (Å²) in [7, 11) is 1.80. The Bertz CT molecular complexity index is 161. The van der Waals surface area contributed by atoms with Crippen LogP contribution in [0, 0.1) is 10.7 Å². The third kappa shape index (κ3) is 4.41. The van der Waals surface area contributed by atoms with Gasteiger partial charge in [0.15, 0.2) is 6.73 Å². The summed E-state index contributed by atoms with van der Waals surface area (Å²) < 4.78 is 6.38. The summed E-state index contributed by atoms with van der Waals surface area (Å²) in [6, 6.07) is 0. The Morgan fingerprint density at radius 2 is 1.92 bits per heavy atom. The molecular formula is C9H18N2OS. The topological polar surface area (TPSA) is 33.0 Å². The number of rotatable bonds is 3. The van der Waals surface area contributed by atoms with E-state index >= 15 is 0 Å². The molecule has 1 fully saturated rings. The van der Waals surface area contributed by atoms with Gasteiger partial charge in [-0.15, -0.1) is 0 Å². The Morgan fingerprint density at radius 1 is 1.46 bits per heavy atom. The van der Waals surface area contributed by atoms with Crippen molar-refractivity contribution in [3.05, 3.63) is 0 Å². The van der Waals surface area contributed by atoms with Crippen LogP contribution in [0.15, 0.2) is 0 Å². The van der Waals surface area contributed by atoms with Crippen LogP contribution in [0.1, 0.15) is 19.8 Å². The Morgan fingerprint density at radius 3 is 2.23 bits per heavy atom. The zero-order valence-electron chi connectivity index (χ0n) is 8.45. The molecule has 76 valence electrons. The highest BCUT2D eigenvalue weighted by atomic mass is 32.1. The highest BCUT2D eigenvalue weighted by Crippen LogP contribution is 2.18. The van der Waals surface area contributed by atoms with Crippen molar-refractivity contribution < 1.29 is 9.22 Å². The molecule has 0 aromatic carbocycles. The van der Waals surface area contributed by atoms with Crippen molar-refractivity contribution in [2.45, 2.75) is 19.8 Å². The minimum Gasteiger partial charge on any atom is -0.696 e. The molecule has 0 bridgehead atoms. The Hall–Kier alpha value is -0.370. The van der Waals surface area contributed by atoms with E-state index in [0.29, 0.717) is 0 Å². The molecule has 0 saturated carbocycles. The summed E-state index contributed by atoms with van der Waals surface area (Å²) in [4.78, 5) is 0. The van der Waals surface area contributed by atoms with Crippen LogP contribution in [-0.4, -0.2) is 38.0 Å². The molecule has 0 atom stereocenters. The van der Waals surface area contributed by atoms with Gasteiger partial charge in [0.25, 0.3) is 0 Å². The van der Waals surface area contributed by atoms with Gasteiger partial charge in [0.2, 0.25) is 0 Å². The van der Waals surface area contributed by atoms with Gasteiger partial charge in [0.1, 0.15) is 0 Å². The molecule has 0 N–H and O–H groups in total. The predicted molar refractivity (Wildman–Crippen MR) is 54.6 cm³/mol. The maximum absolute atomic E-state index is 7.13. The first kappa shape index (κ1) is 12.6. The zero-order chi connectivity index (χ0) is 10.2. The molecule has 0 radical (unpaired) electrons. The first-order valence-electron chi connectivity index (χ1n) is 4.60. The van der Waals surface area contributed by atoms with E-state index in [-0.39, 0.29) is 0 Å². The Balaban J connectivity index is 0.000000424. The average Bonchev–Trinajstić information content (AvgIpc) is 2.56. The van der Waals surface area contributed by atoms with Crippen LogP contribution in [-0.2, 0) is 17.4 Å². The molecule has 13 heavy (non-hydrogen) atoms. The number of nitriles is 1. The van der Waals surface area contributed by atoms with E-state index in [1.807, 2.05) is 0 Å². The second kappa shape index (κ2) is 7.07. The molecule has 0 unspecified atom stereocenters. The maximum Gasteiger partial charge on any atom is 0.182 e. The van der Waals surface area contributed by atoms with Gasteiger partial charge in [0.05, 0.1) is 19.6 Å². The van der Waals surface area contributed by atoms with Gasteiger partial charge in [-0.1, -0.05) is 5.40 Å². The Kier molecular flexibility index (Phi) is 6.87. The average molecular weight is 202 g/mol. The summed E-state index contributed by atoms with van der Waals surface area (Å²) in [6.07, 6.45) is 2.77. The van der Waals surface area contributed by atoms with Crippen LogP contribution in [0.5, 0.6) is 0 Å². The van der Waals surface area contributed by atoms with E-state index in [1.54, 1.807) is 7.11 Å². The number of hydrogen-bond donors (Lipinski definition) is 0.